The fraction of sp³-hybridized carbons (Fsp3) is 0.308. The number of nitrogens with two attached hydrogens (primary N) is 1. The molecule has 0 radical (unpaired) electrons. The summed E-state index contributed by atoms with van der Waals surface area (Å²) in [5.41, 5.74) is 9.03. The standard InChI is InChI=1S/C13H17ClN4/c1-17(2)8-11-12(13(15)18(3)16-11)9-5-4-6-10(14)7-9/h4-7H,8,15H2,1-3H3. The summed E-state index contributed by atoms with van der Waals surface area (Å²) in [6.07, 6.45) is 0. The molecule has 5 heteroatoms. The van der Waals surface area contributed by atoms with Crippen molar-refractivity contribution < 1.29 is 0 Å². The van der Waals surface area contributed by atoms with Gasteiger partial charge in [-0.2, -0.15) is 5.10 Å². The highest BCUT2D eigenvalue weighted by molar-refractivity contribution is 6.30. The Hall–Kier alpha value is -1.52. The molecule has 0 amide bonds. The van der Waals surface area contributed by atoms with E-state index in [4.69, 9.17) is 17.3 Å². The monoisotopic (exact) mass is 264 g/mol. The number of anilines is 1. The van der Waals surface area contributed by atoms with Crippen molar-refractivity contribution in [2.24, 2.45) is 7.05 Å². The minimum Gasteiger partial charge on any atom is -0.383 e. The van der Waals surface area contributed by atoms with Gasteiger partial charge in [0.25, 0.3) is 0 Å². The van der Waals surface area contributed by atoms with Gasteiger partial charge in [0, 0.05) is 24.2 Å². The van der Waals surface area contributed by atoms with Crippen LogP contribution < -0.4 is 5.73 Å². The molecular formula is C13H17ClN4. The van der Waals surface area contributed by atoms with Crippen LogP contribution in [0, 0.1) is 0 Å². The largest absolute Gasteiger partial charge is 0.383 e. The van der Waals surface area contributed by atoms with E-state index in [2.05, 4.69) is 10.00 Å². The first-order valence-corrected chi connectivity index (χ1v) is 6.09. The van der Waals surface area contributed by atoms with Crippen molar-refractivity contribution in [3.8, 4) is 11.1 Å². The second kappa shape index (κ2) is 5.00. The summed E-state index contributed by atoms with van der Waals surface area (Å²) in [4.78, 5) is 2.07. The van der Waals surface area contributed by atoms with Gasteiger partial charge in [-0.1, -0.05) is 23.7 Å². The van der Waals surface area contributed by atoms with Crippen LogP contribution in [0.1, 0.15) is 5.69 Å². The molecule has 0 saturated heterocycles. The van der Waals surface area contributed by atoms with Gasteiger partial charge in [0.2, 0.25) is 0 Å². The summed E-state index contributed by atoms with van der Waals surface area (Å²) < 4.78 is 1.70. The quantitative estimate of drug-likeness (QED) is 0.926. The van der Waals surface area contributed by atoms with Gasteiger partial charge in [-0.25, -0.2) is 0 Å². The molecule has 0 bridgehead atoms. The Morgan fingerprint density at radius 1 is 1.39 bits per heavy atom. The van der Waals surface area contributed by atoms with Crippen LogP contribution in [0.15, 0.2) is 24.3 Å². The van der Waals surface area contributed by atoms with Gasteiger partial charge >= 0.3 is 0 Å². The molecule has 0 aliphatic carbocycles. The molecule has 2 aromatic rings. The van der Waals surface area contributed by atoms with Crippen LogP contribution in [-0.2, 0) is 13.6 Å². The number of benzene rings is 1. The second-order valence-corrected chi connectivity index (χ2v) is 5.02. The van der Waals surface area contributed by atoms with Crippen LogP contribution >= 0.6 is 11.6 Å². The minimum atomic E-state index is 0.661. The Balaban J connectivity index is 2.55. The average molecular weight is 265 g/mol. The lowest BCUT2D eigenvalue weighted by Gasteiger charge is -2.09. The molecule has 0 saturated carbocycles. The number of aryl methyl sites for hydroxylation is 1. The van der Waals surface area contributed by atoms with Crippen molar-refractivity contribution in [1.82, 2.24) is 14.7 Å². The number of nitrogens with zero attached hydrogens (tertiary/aromatic N) is 3. The first kappa shape index (κ1) is 12.9. The number of rotatable bonds is 3. The first-order valence-electron chi connectivity index (χ1n) is 5.71. The molecule has 2 N–H and O–H groups in total. The third-order valence-corrected chi connectivity index (χ3v) is 2.98. The van der Waals surface area contributed by atoms with E-state index in [0.29, 0.717) is 10.8 Å². The molecule has 1 aromatic heterocycles. The average Bonchev–Trinajstić information content (AvgIpc) is 2.53. The maximum absolute atomic E-state index is 6.10. The van der Waals surface area contributed by atoms with Crippen molar-refractivity contribution >= 4 is 17.4 Å². The van der Waals surface area contributed by atoms with E-state index in [0.717, 1.165) is 23.4 Å². The molecule has 0 aliphatic heterocycles. The molecule has 18 heavy (non-hydrogen) atoms. The summed E-state index contributed by atoms with van der Waals surface area (Å²) in [6, 6.07) is 7.68. The summed E-state index contributed by atoms with van der Waals surface area (Å²) in [5, 5.41) is 5.16. The third-order valence-electron chi connectivity index (χ3n) is 2.74. The Morgan fingerprint density at radius 2 is 2.11 bits per heavy atom. The Kier molecular flexibility index (Phi) is 3.59. The van der Waals surface area contributed by atoms with Crippen LogP contribution in [0.5, 0.6) is 0 Å². The van der Waals surface area contributed by atoms with Gasteiger partial charge in [0.05, 0.1) is 5.69 Å². The number of hydrogen-bond acceptors (Lipinski definition) is 3. The lowest BCUT2D eigenvalue weighted by molar-refractivity contribution is 0.395. The van der Waals surface area contributed by atoms with Gasteiger partial charge in [0.1, 0.15) is 5.82 Å². The topological polar surface area (TPSA) is 47.1 Å². The molecule has 2 rings (SSSR count). The van der Waals surface area contributed by atoms with Gasteiger partial charge < -0.3 is 10.6 Å². The van der Waals surface area contributed by atoms with E-state index in [1.807, 2.05) is 45.4 Å². The molecule has 0 fully saturated rings. The van der Waals surface area contributed by atoms with Crippen LogP contribution in [0.4, 0.5) is 5.82 Å². The molecule has 0 atom stereocenters. The fourth-order valence-electron chi connectivity index (χ4n) is 1.96. The zero-order valence-corrected chi connectivity index (χ0v) is 11.6. The van der Waals surface area contributed by atoms with E-state index in [1.54, 1.807) is 4.68 Å². The maximum Gasteiger partial charge on any atom is 0.129 e. The third kappa shape index (κ3) is 2.49. The second-order valence-electron chi connectivity index (χ2n) is 4.58. The molecule has 4 nitrogen and oxygen atoms in total. The van der Waals surface area contributed by atoms with Crippen LogP contribution in [-0.4, -0.2) is 28.8 Å². The minimum absolute atomic E-state index is 0.661. The first-order chi connectivity index (χ1) is 8.49. The highest BCUT2D eigenvalue weighted by Crippen LogP contribution is 2.31. The zero-order chi connectivity index (χ0) is 13.3. The van der Waals surface area contributed by atoms with Crippen molar-refractivity contribution in [2.45, 2.75) is 6.54 Å². The lowest BCUT2D eigenvalue weighted by Crippen LogP contribution is -2.12. The lowest BCUT2D eigenvalue weighted by atomic mass is 10.1. The van der Waals surface area contributed by atoms with Gasteiger partial charge in [0.15, 0.2) is 0 Å². The van der Waals surface area contributed by atoms with Gasteiger partial charge in [-0.15, -0.1) is 0 Å². The van der Waals surface area contributed by atoms with Crippen LogP contribution in [0.3, 0.4) is 0 Å². The Labute approximate surface area is 112 Å². The number of aromatic nitrogens is 2. The zero-order valence-electron chi connectivity index (χ0n) is 10.8. The smallest absolute Gasteiger partial charge is 0.129 e. The number of nitrogen functional groups attached to an aromatic ring is 1. The Bertz CT molecular complexity index is 560. The molecule has 1 heterocycles. The van der Waals surface area contributed by atoms with Gasteiger partial charge in [-0.3, -0.25) is 4.68 Å². The van der Waals surface area contributed by atoms with Crippen molar-refractivity contribution in [1.29, 1.82) is 0 Å². The van der Waals surface area contributed by atoms with E-state index in [1.165, 1.54) is 0 Å². The molecular weight excluding hydrogens is 248 g/mol. The van der Waals surface area contributed by atoms with Crippen molar-refractivity contribution in [3.05, 3.63) is 35.0 Å². The highest BCUT2D eigenvalue weighted by atomic mass is 35.5. The van der Waals surface area contributed by atoms with Crippen LogP contribution in [0.2, 0.25) is 5.02 Å². The van der Waals surface area contributed by atoms with E-state index in [9.17, 15) is 0 Å². The summed E-state index contributed by atoms with van der Waals surface area (Å²) in [7, 11) is 5.86. The predicted octanol–water partition coefficient (Wildman–Crippen LogP) is 2.38. The highest BCUT2D eigenvalue weighted by Gasteiger charge is 2.16. The summed E-state index contributed by atoms with van der Waals surface area (Å²) in [6.45, 7) is 0.743. The Morgan fingerprint density at radius 3 is 2.72 bits per heavy atom. The molecule has 0 unspecified atom stereocenters. The molecule has 96 valence electrons. The van der Waals surface area contributed by atoms with E-state index >= 15 is 0 Å². The predicted molar refractivity (Wildman–Crippen MR) is 75.5 cm³/mol. The SMILES string of the molecule is CN(C)Cc1nn(C)c(N)c1-c1cccc(Cl)c1. The van der Waals surface area contributed by atoms with Crippen molar-refractivity contribution in [2.75, 3.05) is 19.8 Å². The molecule has 1 aromatic carbocycles. The van der Waals surface area contributed by atoms with Crippen molar-refractivity contribution in [3.63, 3.8) is 0 Å². The maximum atomic E-state index is 6.10. The van der Waals surface area contributed by atoms with Crippen LogP contribution in [0.25, 0.3) is 11.1 Å². The van der Waals surface area contributed by atoms with E-state index in [-0.39, 0.29) is 0 Å². The van der Waals surface area contributed by atoms with Gasteiger partial charge in [-0.05, 0) is 31.8 Å². The molecule has 0 spiro atoms. The number of hydrogen-bond donors (Lipinski definition) is 1. The summed E-state index contributed by atoms with van der Waals surface area (Å²) in [5.74, 6) is 0.661. The number of halogens is 1. The normalized spacial score (nSPS) is 11.2. The summed E-state index contributed by atoms with van der Waals surface area (Å²) >= 11 is 6.03. The molecule has 0 aliphatic rings. The fourth-order valence-corrected chi connectivity index (χ4v) is 2.15. The van der Waals surface area contributed by atoms with E-state index < -0.39 is 0 Å².